The van der Waals surface area contributed by atoms with Crippen molar-refractivity contribution in [1.82, 2.24) is 14.7 Å². The van der Waals surface area contributed by atoms with Gasteiger partial charge in [-0.05, 0) is 5.92 Å². The second kappa shape index (κ2) is 4.20. The van der Waals surface area contributed by atoms with Crippen molar-refractivity contribution >= 4 is 11.9 Å². The van der Waals surface area contributed by atoms with Crippen LogP contribution in [-0.2, 0) is 18.4 Å². The van der Waals surface area contributed by atoms with E-state index in [0.29, 0.717) is 31.1 Å². The lowest BCUT2D eigenvalue weighted by Crippen LogP contribution is -2.26. The molecule has 1 N–H and O–H groups in total. The minimum Gasteiger partial charge on any atom is -0.478 e. The predicted molar refractivity (Wildman–Crippen MR) is 59.4 cm³/mol. The summed E-state index contributed by atoms with van der Waals surface area (Å²) in [6.45, 7) is 3.02. The van der Waals surface area contributed by atoms with Gasteiger partial charge < -0.3 is 10.0 Å². The van der Waals surface area contributed by atoms with Crippen LogP contribution in [0.1, 0.15) is 29.4 Å². The van der Waals surface area contributed by atoms with E-state index in [-0.39, 0.29) is 11.5 Å². The summed E-state index contributed by atoms with van der Waals surface area (Å²) >= 11 is 0. The van der Waals surface area contributed by atoms with Crippen LogP contribution in [0.15, 0.2) is 6.20 Å². The molecule has 92 valence electrons. The number of nitrogens with zero attached hydrogens (tertiary/aromatic N) is 3. The molecule has 2 rings (SSSR count). The fraction of sp³-hybridized carbons (Fsp3) is 0.545. The number of hydrogen-bond acceptors (Lipinski definition) is 3. The van der Waals surface area contributed by atoms with Gasteiger partial charge in [0.2, 0.25) is 5.91 Å². The molecule has 0 aliphatic carbocycles. The second-order valence-corrected chi connectivity index (χ2v) is 4.52. The molecule has 0 bridgehead atoms. The zero-order chi connectivity index (χ0) is 12.6. The van der Waals surface area contributed by atoms with Gasteiger partial charge in [-0.15, -0.1) is 0 Å². The Hall–Kier alpha value is -1.85. The van der Waals surface area contributed by atoms with E-state index < -0.39 is 5.97 Å². The maximum atomic E-state index is 11.7. The van der Waals surface area contributed by atoms with Crippen LogP contribution in [0, 0.1) is 5.92 Å². The zero-order valence-corrected chi connectivity index (χ0v) is 9.88. The van der Waals surface area contributed by atoms with Crippen LogP contribution in [0.25, 0.3) is 0 Å². The van der Waals surface area contributed by atoms with Crippen LogP contribution in [0.2, 0.25) is 0 Å². The molecule has 17 heavy (non-hydrogen) atoms. The van der Waals surface area contributed by atoms with E-state index in [1.807, 2.05) is 6.92 Å². The van der Waals surface area contributed by atoms with Crippen molar-refractivity contribution in [3.63, 3.8) is 0 Å². The Morgan fingerprint density at radius 1 is 1.65 bits per heavy atom. The maximum absolute atomic E-state index is 11.7. The van der Waals surface area contributed by atoms with Crippen molar-refractivity contribution in [3.05, 3.63) is 17.5 Å². The molecule has 1 saturated heterocycles. The van der Waals surface area contributed by atoms with Crippen molar-refractivity contribution in [2.45, 2.75) is 19.9 Å². The molecule has 1 aliphatic heterocycles. The molecule has 0 spiro atoms. The lowest BCUT2D eigenvalue weighted by Gasteiger charge is -2.16. The number of rotatable bonds is 3. The van der Waals surface area contributed by atoms with E-state index in [1.54, 1.807) is 11.9 Å². The lowest BCUT2D eigenvalue weighted by atomic mass is 10.2. The molecule has 6 heteroatoms. The molecular formula is C11H15N3O3. The highest BCUT2D eigenvalue weighted by molar-refractivity contribution is 5.88. The van der Waals surface area contributed by atoms with Gasteiger partial charge in [0.05, 0.1) is 18.4 Å². The van der Waals surface area contributed by atoms with E-state index in [4.69, 9.17) is 5.11 Å². The molecule has 6 nitrogen and oxygen atoms in total. The molecule has 2 heterocycles. The van der Waals surface area contributed by atoms with E-state index in [9.17, 15) is 9.59 Å². The Labute approximate surface area is 98.8 Å². The van der Waals surface area contributed by atoms with E-state index in [1.165, 1.54) is 10.9 Å². The van der Waals surface area contributed by atoms with E-state index >= 15 is 0 Å². The number of aromatic carboxylic acids is 1. The van der Waals surface area contributed by atoms with Crippen molar-refractivity contribution < 1.29 is 14.7 Å². The lowest BCUT2D eigenvalue weighted by molar-refractivity contribution is -0.128. The molecule has 1 amide bonds. The summed E-state index contributed by atoms with van der Waals surface area (Å²) in [5.74, 6) is -0.591. The fourth-order valence-corrected chi connectivity index (χ4v) is 2.13. The number of carbonyl (C=O) groups is 2. The standard InChI is InChI=1S/C11H15N3O3/c1-7-3-10(15)14(5-7)6-9-8(11(16)17)4-12-13(9)2/h4,7H,3,5-6H2,1-2H3,(H,16,17). The topological polar surface area (TPSA) is 75.4 Å². The van der Waals surface area contributed by atoms with Crippen LogP contribution in [0.3, 0.4) is 0 Å². The molecule has 1 aliphatic rings. The number of amides is 1. The quantitative estimate of drug-likeness (QED) is 0.830. The smallest absolute Gasteiger partial charge is 0.339 e. The molecule has 1 atom stereocenters. The largest absolute Gasteiger partial charge is 0.478 e. The molecular weight excluding hydrogens is 222 g/mol. The normalized spacial score (nSPS) is 20.0. The summed E-state index contributed by atoms with van der Waals surface area (Å²) in [4.78, 5) is 24.3. The van der Waals surface area contributed by atoms with Crippen molar-refractivity contribution in [2.75, 3.05) is 6.54 Å². The molecule has 1 fully saturated rings. The SMILES string of the molecule is CC1CC(=O)N(Cc2c(C(=O)O)cnn2C)C1. The predicted octanol–water partition coefficient (Wildman–Crippen LogP) is 0.487. The first-order chi connectivity index (χ1) is 7.99. The van der Waals surface area contributed by atoms with Gasteiger partial charge in [0.15, 0.2) is 0 Å². The summed E-state index contributed by atoms with van der Waals surface area (Å²) in [5, 5.41) is 12.9. The number of carbonyl (C=O) groups excluding carboxylic acids is 1. The van der Waals surface area contributed by atoms with E-state index in [0.717, 1.165) is 0 Å². The van der Waals surface area contributed by atoms with Gasteiger partial charge >= 0.3 is 5.97 Å². The number of aromatic nitrogens is 2. The van der Waals surface area contributed by atoms with Crippen LogP contribution in [0.5, 0.6) is 0 Å². The maximum Gasteiger partial charge on any atom is 0.339 e. The molecule has 1 aromatic rings. The Kier molecular flexibility index (Phi) is 2.87. The van der Waals surface area contributed by atoms with Gasteiger partial charge in [-0.2, -0.15) is 5.10 Å². The minimum atomic E-state index is -1.01. The Bertz CT molecular complexity index is 467. The molecule has 0 radical (unpaired) electrons. The summed E-state index contributed by atoms with van der Waals surface area (Å²) < 4.78 is 1.51. The molecule has 0 aromatic carbocycles. The van der Waals surface area contributed by atoms with Crippen LogP contribution < -0.4 is 0 Å². The Morgan fingerprint density at radius 3 is 2.88 bits per heavy atom. The van der Waals surface area contributed by atoms with Crippen LogP contribution in [-0.4, -0.2) is 38.2 Å². The Balaban J connectivity index is 2.21. The fourth-order valence-electron chi connectivity index (χ4n) is 2.13. The van der Waals surface area contributed by atoms with E-state index in [2.05, 4.69) is 5.10 Å². The van der Waals surface area contributed by atoms with Gasteiger partial charge in [0.25, 0.3) is 0 Å². The average molecular weight is 237 g/mol. The monoisotopic (exact) mass is 237 g/mol. The van der Waals surface area contributed by atoms with Gasteiger partial charge in [-0.3, -0.25) is 9.48 Å². The van der Waals surface area contributed by atoms with Crippen molar-refractivity contribution in [3.8, 4) is 0 Å². The number of carboxylic acid groups (broad SMARTS) is 1. The second-order valence-electron chi connectivity index (χ2n) is 4.52. The summed E-state index contributed by atoms with van der Waals surface area (Å²) in [6, 6.07) is 0. The minimum absolute atomic E-state index is 0.0787. The van der Waals surface area contributed by atoms with Gasteiger partial charge in [-0.25, -0.2) is 4.79 Å². The first-order valence-corrected chi connectivity index (χ1v) is 5.51. The first-order valence-electron chi connectivity index (χ1n) is 5.51. The average Bonchev–Trinajstić information content (AvgIpc) is 2.73. The third-order valence-electron chi connectivity index (χ3n) is 3.04. The molecule has 1 unspecified atom stereocenters. The highest BCUT2D eigenvalue weighted by Gasteiger charge is 2.28. The Morgan fingerprint density at radius 2 is 2.35 bits per heavy atom. The number of hydrogen-bond donors (Lipinski definition) is 1. The highest BCUT2D eigenvalue weighted by atomic mass is 16.4. The zero-order valence-electron chi connectivity index (χ0n) is 9.88. The third-order valence-corrected chi connectivity index (χ3v) is 3.04. The van der Waals surface area contributed by atoms with Gasteiger partial charge in [0.1, 0.15) is 5.56 Å². The summed E-state index contributed by atoms with van der Waals surface area (Å²) in [6.07, 6.45) is 1.86. The molecule has 0 saturated carbocycles. The molecule has 1 aromatic heterocycles. The third kappa shape index (κ3) is 2.15. The highest BCUT2D eigenvalue weighted by Crippen LogP contribution is 2.20. The summed E-state index contributed by atoms with van der Waals surface area (Å²) in [5.41, 5.74) is 0.736. The van der Waals surface area contributed by atoms with Gasteiger partial charge in [-0.1, -0.05) is 6.92 Å². The van der Waals surface area contributed by atoms with Gasteiger partial charge in [0, 0.05) is 20.0 Å². The number of aryl methyl sites for hydroxylation is 1. The number of carboxylic acids is 1. The van der Waals surface area contributed by atoms with Crippen molar-refractivity contribution in [1.29, 1.82) is 0 Å². The van der Waals surface area contributed by atoms with Crippen molar-refractivity contribution in [2.24, 2.45) is 13.0 Å². The summed E-state index contributed by atoms with van der Waals surface area (Å²) in [7, 11) is 1.69. The van der Waals surface area contributed by atoms with Crippen LogP contribution in [0.4, 0.5) is 0 Å². The van der Waals surface area contributed by atoms with Crippen LogP contribution >= 0.6 is 0 Å². The number of likely N-dealkylation sites (tertiary alicyclic amines) is 1. The first kappa shape index (κ1) is 11.6.